The molecule has 2 N–H and O–H groups in total. The maximum atomic E-state index is 12.7. The van der Waals surface area contributed by atoms with Crippen molar-refractivity contribution in [3.05, 3.63) is 75.4 Å². The average molecular weight is 443 g/mol. The van der Waals surface area contributed by atoms with Gasteiger partial charge in [0, 0.05) is 20.4 Å². The van der Waals surface area contributed by atoms with Gasteiger partial charge in [-0.25, -0.2) is 0 Å². The number of carbonyl (C=O) groups is 2. The Labute approximate surface area is 158 Å². The lowest BCUT2D eigenvalue weighted by atomic mass is 9.88. The molecule has 5 heteroatoms. The quantitative estimate of drug-likeness (QED) is 0.478. The van der Waals surface area contributed by atoms with Crippen molar-refractivity contribution in [2.24, 2.45) is 0 Å². The number of carbonyl (C=O) groups excluding carboxylic acids is 2. The van der Waals surface area contributed by atoms with Crippen molar-refractivity contribution in [2.45, 2.75) is 12.0 Å². The Morgan fingerprint density at radius 1 is 1.04 bits per heavy atom. The number of ketones is 1. The fraction of sp³-hybridized carbons (Fsp3) is 0.100. The fourth-order valence-electron chi connectivity index (χ4n) is 3.19. The van der Waals surface area contributed by atoms with E-state index in [1.54, 1.807) is 24.3 Å². The van der Waals surface area contributed by atoms with Gasteiger partial charge in [-0.15, -0.1) is 0 Å². The molecule has 0 fully saturated rings. The minimum absolute atomic E-state index is 0.268. The van der Waals surface area contributed by atoms with Gasteiger partial charge >= 0.3 is 0 Å². The van der Waals surface area contributed by atoms with Crippen LogP contribution in [0.2, 0.25) is 0 Å². The Balaban J connectivity index is 1.70. The number of halogens is 1. The van der Waals surface area contributed by atoms with Crippen molar-refractivity contribution >= 4 is 50.7 Å². The molecule has 1 aliphatic rings. The smallest absolute Gasteiger partial charge is 0.261 e. The van der Waals surface area contributed by atoms with Gasteiger partial charge in [-0.05, 0) is 57.6 Å². The molecule has 1 aliphatic heterocycles. The number of amides is 1. The van der Waals surface area contributed by atoms with Gasteiger partial charge in [0.05, 0.1) is 6.42 Å². The molecule has 1 unspecified atom stereocenters. The highest BCUT2D eigenvalue weighted by Gasteiger charge is 2.46. The molecule has 4 rings (SSSR count). The fourth-order valence-corrected chi connectivity index (χ4v) is 3.68. The molecule has 3 aromatic carbocycles. The second-order valence-corrected chi connectivity index (χ2v) is 7.41. The first-order valence-electron chi connectivity index (χ1n) is 7.83. The lowest BCUT2D eigenvalue weighted by molar-refractivity contribution is -0.133. The van der Waals surface area contributed by atoms with Crippen LogP contribution in [0.25, 0.3) is 10.8 Å². The second kappa shape index (κ2) is 5.93. The molecular weight excluding hydrogens is 429 g/mol. The van der Waals surface area contributed by atoms with Crippen LogP contribution in [-0.4, -0.2) is 16.8 Å². The summed E-state index contributed by atoms with van der Waals surface area (Å²) in [4.78, 5) is 25.1. The van der Waals surface area contributed by atoms with Gasteiger partial charge in [0.15, 0.2) is 11.4 Å². The van der Waals surface area contributed by atoms with Crippen LogP contribution in [-0.2, 0) is 10.4 Å². The van der Waals surface area contributed by atoms with E-state index in [2.05, 4.69) is 27.9 Å². The van der Waals surface area contributed by atoms with Gasteiger partial charge in [-0.1, -0.05) is 36.4 Å². The molecule has 0 spiro atoms. The number of fused-ring (bicyclic) bond motifs is 2. The van der Waals surface area contributed by atoms with E-state index in [4.69, 9.17) is 0 Å². The number of aliphatic hydroxyl groups is 1. The Morgan fingerprint density at radius 3 is 2.60 bits per heavy atom. The van der Waals surface area contributed by atoms with Gasteiger partial charge in [-0.2, -0.15) is 0 Å². The first-order valence-corrected chi connectivity index (χ1v) is 8.91. The highest BCUT2D eigenvalue weighted by molar-refractivity contribution is 14.1. The molecule has 3 aromatic rings. The van der Waals surface area contributed by atoms with Crippen molar-refractivity contribution in [3.63, 3.8) is 0 Å². The molecule has 0 saturated carbocycles. The monoisotopic (exact) mass is 443 g/mol. The van der Waals surface area contributed by atoms with Crippen LogP contribution in [0.1, 0.15) is 22.3 Å². The topological polar surface area (TPSA) is 66.4 Å². The lowest BCUT2D eigenvalue weighted by Gasteiger charge is -2.20. The minimum atomic E-state index is -1.83. The molecule has 124 valence electrons. The number of anilines is 1. The number of benzene rings is 3. The van der Waals surface area contributed by atoms with E-state index < -0.39 is 11.5 Å². The average Bonchev–Trinajstić information content (AvgIpc) is 2.85. The molecule has 1 heterocycles. The Kier molecular flexibility index (Phi) is 3.85. The summed E-state index contributed by atoms with van der Waals surface area (Å²) in [5.74, 6) is -0.825. The second-order valence-electron chi connectivity index (χ2n) is 6.17. The molecule has 0 radical (unpaired) electrons. The number of rotatable bonds is 3. The van der Waals surface area contributed by atoms with Crippen LogP contribution in [0.5, 0.6) is 0 Å². The van der Waals surface area contributed by atoms with E-state index in [-0.39, 0.29) is 12.2 Å². The van der Waals surface area contributed by atoms with Gasteiger partial charge in [0.25, 0.3) is 5.91 Å². The summed E-state index contributed by atoms with van der Waals surface area (Å²) in [6.07, 6.45) is -0.287. The Morgan fingerprint density at radius 2 is 1.80 bits per heavy atom. The summed E-state index contributed by atoms with van der Waals surface area (Å²) in [5.41, 5.74) is -0.337. The van der Waals surface area contributed by atoms with E-state index in [1.165, 1.54) is 0 Å². The molecule has 25 heavy (non-hydrogen) atoms. The zero-order valence-corrected chi connectivity index (χ0v) is 15.3. The summed E-state index contributed by atoms with van der Waals surface area (Å²) in [6.45, 7) is 0. The summed E-state index contributed by atoms with van der Waals surface area (Å²) in [6, 6.07) is 18.5. The SMILES string of the molecule is O=C(CC1(O)C(=O)Nc2ccc(I)cc21)c1ccc2ccccc2c1. The van der Waals surface area contributed by atoms with Gasteiger partial charge in [-0.3, -0.25) is 9.59 Å². The molecule has 0 saturated heterocycles. The van der Waals surface area contributed by atoms with E-state index in [1.807, 2.05) is 36.4 Å². The highest BCUT2D eigenvalue weighted by Crippen LogP contribution is 2.39. The number of hydrogen-bond acceptors (Lipinski definition) is 3. The molecule has 0 aliphatic carbocycles. The van der Waals surface area contributed by atoms with Crippen LogP contribution in [0, 0.1) is 3.57 Å². The summed E-state index contributed by atoms with van der Waals surface area (Å²) in [5, 5.41) is 15.6. The normalized spacial score (nSPS) is 18.9. The number of Topliss-reactive ketones (excluding diaryl/α,β-unsaturated/α-hetero) is 1. The van der Waals surface area contributed by atoms with Crippen LogP contribution >= 0.6 is 22.6 Å². The van der Waals surface area contributed by atoms with Crippen LogP contribution in [0.4, 0.5) is 5.69 Å². The third-order valence-corrected chi connectivity index (χ3v) is 5.21. The van der Waals surface area contributed by atoms with Crippen molar-refractivity contribution in [3.8, 4) is 0 Å². The number of nitrogens with one attached hydrogen (secondary N) is 1. The first-order chi connectivity index (χ1) is 12.0. The van der Waals surface area contributed by atoms with E-state index in [0.29, 0.717) is 16.8 Å². The van der Waals surface area contributed by atoms with Crippen molar-refractivity contribution < 1.29 is 14.7 Å². The third kappa shape index (κ3) is 2.73. The zero-order valence-electron chi connectivity index (χ0n) is 13.1. The molecule has 4 nitrogen and oxygen atoms in total. The summed E-state index contributed by atoms with van der Waals surface area (Å²) in [7, 11) is 0. The van der Waals surface area contributed by atoms with Gasteiger partial charge in [0.2, 0.25) is 0 Å². The Hall–Kier alpha value is -2.25. The van der Waals surface area contributed by atoms with Crippen molar-refractivity contribution in [1.29, 1.82) is 0 Å². The molecule has 0 aromatic heterocycles. The third-order valence-electron chi connectivity index (χ3n) is 4.54. The lowest BCUT2D eigenvalue weighted by Crippen LogP contribution is -2.36. The highest BCUT2D eigenvalue weighted by atomic mass is 127. The maximum Gasteiger partial charge on any atom is 0.261 e. The Bertz CT molecular complexity index is 1030. The maximum absolute atomic E-state index is 12.7. The first kappa shape index (κ1) is 16.2. The summed E-state index contributed by atoms with van der Waals surface area (Å²) < 4.78 is 0.893. The molecule has 1 atom stereocenters. The van der Waals surface area contributed by atoms with Crippen molar-refractivity contribution in [2.75, 3.05) is 5.32 Å². The molecule has 0 bridgehead atoms. The standard InChI is InChI=1S/C20H14INO3/c21-15-7-8-17-16(10-15)20(25,19(24)22-17)11-18(23)14-6-5-12-3-1-2-4-13(12)9-14/h1-10,25H,11H2,(H,22,24). The van der Waals surface area contributed by atoms with Crippen molar-refractivity contribution in [1.82, 2.24) is 0 Å². The van der Waals surface area contributed by atoms with Crippen LogP contribution < -0.4 is 5.32 Å². The zero-order chi connectivity index (χ0) is 17.6. The van der Waals surface area contributed by atoms with Crippen LogP contribution in [0.15, 0.2) is 60.7 Å². The minimum Gasteiger partial charge on any atom is -0.375 e. The summed E-state index contributed by atoms with van der Waals surface area (Å²) >= 11 is 2.12. The molecule has 1 amide bonds. The van der Waals surface area contributed by atoms with Crippen LogP contribution in [0.3, 0.4) is 0 Å². The largest absolute Gasteiger partial charge is 0.375 e. The number of hydrogen-bond donors (Lipinski definition) is 2. The van der Waals surface area contributed by atoms with Gasteiger partial charge < -0.3 is 10.4 Å². The van der Waals surface area contributed by atoms with E-state index in [9.17, 15) is 14.7 Å². The predicted molar refractivity (Wildman–Crippen MR) is 105 cm³/mol. The molecular formula is C20H14INO3. The predicted octanol–water partition coefficient (Wildman–Crippen LogP) is 3.86. The van der Waals surface area contributed by atoms with Gasteiger partial charge in [0.1, 0.15) is 0 Å². The van der Waals surface area contributed by atoms with E-state index in [0.717, 1.165) is 14.3 Å². The van der Waals surface area contributed by atoms with E-state index >= 15 is 0 Å².